The highest BCUT2D eigenvalue weighted by atomic mass is 32.2. The molecule has 2 amide bonds. The second-order valence-corrected chi connectivity index (χ2v) is 13.1. The lowest BCUT2D eigenvalue weighted by Crippen LogP contribution is -2.54. The summed E-state index contributed by atoms with van der Waals surface area (Å²) in [6, 6.07) is 31.6. The fourth-order valence-electron chi connectivity index (χ4n) is 5.12. The van der Waals surface area contributed by atoms with Gasteiger partial charge < -0.3 is 10.2 Å². The Hall–Kier alpha value is -4.43. The fourth-order valence-corrected chi connectivity index (χ4v) is 6.54. The van der Waals surface area contributed by atoms with Crippen LogP contribution in [0.15, 0.2) is 114 Å². The molecule has 0 fully saturated rings. The topological polar surface area (TPSA) is 86.8 Å². The summed E-state index contributed by atoms with van der Waals surface area (Å²) in [7, 11) is -4.13. The van der Waals surface area contributed by atoms with Crippen molar-refractivity contribution in [1.82, 2.24) is 10.2 Å². The van der Waals surface area contributed by atoms with Crippen molar-refractivity contribution < 1.29 is 18.0 Å². The van der Waals surface area contributed by atoms with Gasteiger partial charge in [-0.2, -0.15) is 0 Å². The molecule has 230 valence electrons. The Morgan fingerprint density at radius 2 is 1.30 bits per heavy atom. The minimum absolute atomic E-state index is 0.0805. The first-order valence-electron chi connectivity index (χ1n) is 14.9. The molecule has 0 saturated carbocycles. The molecular weight excluding hydrogens is 570 g/mol. The maximum atomic E-state index is 14.5. The van der Waals surface area contributed by atoms with Gasteiger partial charge in [0.25, 0.3) is 10.0 Å². The van der Waals surface area contributed by atoms with Crippen molar-refractivity contribution in [2.75, 3.05) is 10.8 Å². The zero-order valence-electron chi connectivity index (χ0n) is 25.8. The molecule has 0 aliphatic rings. The first kappa shape index (κ1) is 32.5. The van der Waals surface area contributed by atoms with Crippen molar-refractivity contribution in [1.29, 1.82) is 0 Å². The van der Waals surface area contributed by atoms with Crippen LogP contribution in [0, 0.1) is 13.8 Å². The van der Waals surface area contributed by atoms with E-state index in [9.17, 15) is 18.0 Å². The Bertz CT molecular complexity index is 1620. The highest BCUT2D eigenvalue weighted by molar-refractivity contribution is 7.92. The van der Waals surface area contributed by atoms with Crippen molar-refractivity contribution in [2.45, 2.75) is 64.1 Å². The maximum Gasteiger partial charge on any atom is 0.264 e. The molecule has 4 aromatic carbocycles. The molecule has 0 radical (unpaired) electrons. The predicted molar refractivity (Wildman–Crippen MR) is 176 cm³/mol. The van der Waals surface area contributed by atoms with Crippen molar-refractivity contribution in [3.8, 4) is 0 Å². The van der Waals surface area contributed by atoms with Gasteiger partial charge in [0.1, 0.15) is 12.6 Å². The van der Waals surface area contributed by atoms with Gasteiger partial charge >= 0.3 is 0 Å². The normalized spacial score (nSPS) is 12.6. The summed E-state index contributed by atoms with van der Waals surface area (Å²) >= 11 is 0. The van der Waals surface area contributed by atoms with Gasteiger partial charge in [-0.05, 0) is 73.7 Å². The van der Waals surface area contributed by atoms with E-state index in [-0.39, 0.29) is 29.8 Å². The van der Waals surface area contributed by atoms with E-state index < -0.39 is 28.5 Å². The molecule has 0 bridgehead atoms. The summed E-state index contributed by atoms with van der Waals surface area (Å²) in [5.41, 5.74) is 3.86. The van der Waals surface area contributed by atoms with Crippen LogP contribution in [0.25, 0.3) is 0 Å². The SMILES string of the molecule is CCC(C)NC(=O)C(Cc1ccccc1)N(Cc1ccccc1)C(=O)CN(c1cc(C)cc(C)c1)S(=O)(=O)c1ccccc1. The molecule has 8 heteroatoms. The van der Waals surface area contributed by atoms with E-state index in [1.165, 1.54) is 17.0 Å². The number of rotatable bonds is 13. The Morgan fingerprint density at radius 3 is 1.84 bits per heavy atom. The molecule has 2 unspecified atom stereocenters. The minimum Gasteiger partial charge on any atom is -0.352 e. The molecule has 1 N–H and O–H groups in total. The lowest BCUT2D eigenvalue weighted by atomic mass is 10.0. The predicted octanol–water partition coefficient (Wildman–Crippen LogP) is 6.05. The van der Waals surface area contributed by atoms with Gasteiger partial charge in [0.2, 0.25) is 11.8 Å². The number of sulfonamides is 1. The number of carbonyl (C=O) groups excluding carboxylic acids is 2. The number of benzene rings is 4. The Kier molecular flexibility index (Phi) is 11.0. The number of carbonyl (C=O) groups is 2. The lowest BCUT2D eigenvalue weighted by Gasteiger charge is -2.34. The van der Waals surface area contributed by atoms with Gasteiger partial charge in [0.05, 0.1) is 10.6 Å². The van der Waals surface area contributed by atoms with Gasteiger partial charge in [-0.25, -0.2) is 8.42 Å². The van der Waals surface area contributed by atoms with Crippen LogP contribution in [-0.2, 0) is 32.6 Å². The minimum atomic E-state index is -4.13. The monoisotopic (exact) mass is 611 g/mol. The third-order valence-corrected chi connectivity index (χ3v) is 9.36. The van der Waals surface area contributed by atoms with Crippen LogP contribution in [0.1, 0.15) is 42.5 Å². The van der Waals surface area contributed by atoms with Gasteiger partial charge in [-0.1, -0.05) is 91.9 Å². The second kappa shape index (κ2) is 14.8. The smallest absolute Gasteiger partial charge is 0.264 e. The van der Waals surface area contributed by atoms with Crippen LogP contribution >= 0.6 is 0 Å². The average Bonchev–Trinajstić information content (AvgIpc) is 3.02. The number of hydrogen-bond donors (Lipinski definition) is 1. The summed E-state index contributed by atoms with van der Waals surface area (Å²) in [6.07, 6.45) is 1.00. The van der Waals surface area contributed by atoms with Crippen LogP contribution in [0.3, 0.4) is 0 Å². The highest BCUT2D eigenvalue weighted by Crippen LogP contribution is 2.27. The molecule has 0 aliphatic carbocycles. The van der Waals surface area contributed by atoms with E-state index in [0.717, 1.165) is 33.0 Å². The van der Waals surface area contributed by atoms with Crippen molar-refractivity contribution in [2.24, 2.45) is 0 Å². The molecule has 44 heavy (non-hydrogen) atoms. The Morgan fingerprint density at radius 1 is 0.773 bits per heavy atom. The molecule has 4 aromatic rings. The highest BCUT2D eigenvalue weighted by Gasteiger charge is 2.35. The number of nitrogens with zero attached hydrogens (tertiary/aromatic N) is 2. The maximum absolute atomic E-state index is 14.5. The van der Waals surface area contributed by atoms with Crippen molar-refractivity contribution in [3.05, 3.63) is 131 Å². The molecule has 0 heterocycles. The summed E-state index contributed by atoms with van der Waals surface area (Å²) in [5.74, 6) is -0.760. The summed E-state index contributed by atoms with van der Waals surface area (Å²) in [6.45, 7) is 7.35. The lowest BCUT2D eigenvalue weighted by molar-refractivity contribution is -0.140. The number of aryl methyl sites for hydroxylation is 2. The van der Waals surface area contributed by atoms with Gasteiger partial charge in [0, 0.05) is 19.0 Å². The average molecular weight is 612 g/mol. The molecule has 0 spiro atoms. The summed E-state index contributed by atoms with van der Waals surface area (Å²) in [4.78, 5) is 30.0. The summed E-state index contributed by atoms with van der Waals surface area (Å²) < 4.78 is 29.4. The molecule has 0 aromatic heterocycles. The molecule has 4 rings (SSSR count). The van der Waals surface area contributed by atoms with Gasteiger partial charge in [-0.15, -0.1) is 0 Å². The van der Waals surface area contributed by atoms with E-state index in [2.05, 4.69) is 5.32 Å². The van der Waals surface area contributed by atoms with Crippen LogP contribution < -0.4 is 9.62 Å². The van der Waals surface area contributed by atoms with Crippen molar-refractivity contribution in [3.63, 3.8) is 0 Å². The quantitative estimate of drug-likeness (QED) is 0.199. The number of amides is 2. The van der Waals surface area contributed by atoms with E-state index >= 15 is 0 Å². The van der Waals surface area contributed by atoms with Crippen LogP contribution in [0.2, 0.25) is 0 Å². The van der Waals surface area contributed by atoms with Gasteiger partial charge in [-0.3, -0.25) is 13.9 Å². The van der Waals surface area contributed by atoms with E-state index in [4.69, 9.17) is 0 Å². The Balaban J connectivity index is 1.81. The van der Waals surface area contributed by atoms with Crippen LogP contribution in [0.4, 0.5) is 5.69 Å². The third kappa shape index (κ3) is 8.35. The van der Waals surface area contributed by atoms with Crippen LogP contribution in [-0.4, -0.2) is 43.8 Å². The molecule has 2 atom stereocenters. The zero-order chi connectivity index (χ0) is 31.7. The number of nitrogens with one attached hydrogen (secondary N) is 1. The van der Waals surface area contributed by atoms with E-state index in [1.807, 2.05) is 94.4 Å². The van der Waals surface area contributed by atoms with Crippen LogP contribution in [0.5, 0.6) is 0 Å². The van der Waals surface area contributed by atoms with E-state index in [1.54, 1.807) is 30.3 Å². The zero-order valence-corrected chi connectivity index (χ0v) is 26.6. The fraction of sp³-hybridized carbons (Fsp3) is 0.278. The number of anilines is 1. The first-order chi connectivity index (χ1) is 21.1. The van der Waals surface area contributed by atoms with Gasteiger partial charge in [0.15, 0.2) is 0 Å². The first-order valence-corrected chi connectivity index (χ1v) is 16.4. The third-order valence-electron chi connectivity index (χ3n) is 7.57. The summed E-state index contributed by atoms with van der Waals surface area (Å²) in [5, 5.41) is 3.06. The second-order valence-electron chi connectivity index (χ2n) is 11.2. The van der Waals surface area contributed by atoms with E-state index in [0.29, 0.717) is 5.69 Å². The largest absolute Gasteiger partial charge is 0.352 e. The Labute approximate surface area is 261 Å². The van der Waals surface area contributed by atoms with Crippen molar-refractivity contribution >= 4 is 27.5 Å². The standard InChI is InChI=1S/C36H41N3O4S/c1-5-29(4)37-36(41)34(24-30-15-9-6-10-16-30)38(25-31-17-11-7-12-18-31)35(40)26-39(32-22-27(2)21-28(3)23-32)44(42,43)33-19-13-8-14-20-33/h6-23,29,34H,5,24-26H2,1-4H3,(H,37,41). The molecule has 7 nitrogen and oxygen atoms in total. The molecular formula is C36H41N3O4S. The number of hydrogen-bond acceptors (Lipinski definition) is 4. The molecule has 0 aliphatic heterocycles. The molecule has 0 saturated heterocycles.